The first-order valence-electron chi connectivity index (χ1n) is 7.88. The average Bonchev–Trinajstić information content (AvgIpc) is 2.65. The van der Waals surface area contributed by atoms with Crippen molar-refractivity contribution in [1.29, 1.82) is 0 Å². The van der Waals surface area contributed by atoms with E-state index in [-0.39, 0.29) is 5.56 Å². The zero-order chi connectivity index (χ0) is 21.5. The number of hydrogen-bond donors (Lipinski definition) is 0. The molecule has 0 saturated carbocycles. The van der Waals surface area contributed by atoms with Crippen LogP contribution in [0.25, 0.3) is 0 Å². The summed E-state index contributed by atoms with van der Waals surface area (Å²) in [5, 5.41) is 0. The number of amides is 1. The Bertz CT molecular complexity index is 833. The maximum absolute atomic E-state index is 13.1. The largest absolute Gasteiger partial charge is 0.468 e. The van der Waals surface area contributed by atoms with Crippen molar-refractivity contribution in [3.63, 3.8) is 0 Å². The van der Waals surface area contributed by atoms with Gasteiger partial charge in [-0.2, -0.15) is 8.42 Å². The van der Waals surface area contributed by atoms with Gasteiger partial charge in [-0.25, -0.2) is 4.18 Å². The number of Topliss-reactive ketones (excluding diaryl/α,β-unsaturated/α-hetero) is 1. The Balaban J connectivity index is 3.42. The topological polar surface area (TPSA) is 133 Å². The highest BCUT2D eigenvalue weighted by Crippen LogP contribution is 2.23. The van der Waals surface area contributed by atoms with E-state index in [9.17, 15) is 27.6 Å². The molecule has 154 valence electrons. The molecule has 0 aliphatic carbocycles. The lowest BCUT2D eigenvalue weighted by Gasteiger charge is -2.31. The number of hydrogen-bond acceptors (Lipinski definition) is 9. The summed E-state index contributed by atoms with van der Waals surface area (Å²) in [6.45, 7) is -0.502. The van der Waals surface area contributed by atoms with Crippen LogP contribution in [0.1, 0.15) is 17.3 Å². The van der Waals surface area contributed by atoms with Crippen LogP contribution in [0.15, 0.2) is 30.3 Å². The predicted molar refractivity (Wildman–Crippen MR) is 95.7 cm³/mol. The van der Waals surface area contributed by atoms with E-state index in [1.165, 1.54) is 24.3 Å². The van der Waals surface area contributed by atoms with Gasteiger partial charge in [0.05, 0.1) is 20.5 Å². The number of nitrogens with zero attached hydrogens (tertiary/aromatic N) is 1. The Hall–Kier alpha value is -2.79. The van der Waals surface area contributed by atoms with Crippen molar-refractivity contribution in [3.05, 3.63) is 35.9 Å². The molecule has 1 unspecified atom stereocenters. The molecular formula is C17H21NO9S. The van der Waals surface area contributed by atoms with Crippen LogP contribution in [0, 0.1) is 0 Å². The van der Waals surface area contributed by atoms with E-state index in [1.54, 1.807) is 6.07 Å². The van der Waals surface area contributed by atoms with Crippen LogP contribution in [0.2, 0.25) is 0 Å². The minimum absolute atomic E-state index is 0.00177. The number of carbonyl (C=O) groups excluding carboxylic acids is 4. The van der Waals surface area contributed by atoms with E-state index < -0.39 is 52.4 Å². The monoisotopic (exact) mass is 415 g/mol. The highest BCUT2D eigenvalue weighted by molar-refractivity contribution is 7.86. The summed E-state index contributed by atoms with van der Waals surface area (Å²) in [5.74, 6) is -3.98. The third-order valence-corrected chi connectivity index (χ3v) is 4.21. The van der Waals surface area contributed by atoms with Gasteiger partial charge in [0.2, 0.25) is 11.4 Å². The van der Waals surface area contributed by atoms with Gasteiger partial charge in [0, 0.05) is 5.56 Å². The van der Waals surface area contributed by atoms with Crippen LogP contribution in [0.4, 0.5) is 0 Å². The maximum Gasteiger partial charge on any atom is 0.325 e. The molecule has 0 bridgehead atoms. The van der Waals surface area contributed by atoms with Crippen molar-refractivity contribution in [3.8, 4) is 0 Å². The van der Waals surface area contributed by atoms with Crippen molar-refractivity contribution in [2.75, 3.05) is 33.6 Å². The highest BCUT2D eigenvalue weighted by atomic mass is 32.2. The van der Waals surface area contributed by atoms with Crippen LogP contribution in [-0.4, -0.2) is 76.1 Å². The molecule has 11 heteroatoms. The molecule has 0 spiro atoms. The lowest BCUT2D eigenvalue weighted by atomic mass is 9.93. The minimum atomic E-state index is -4.28. The van der Waals surface area contributed by atoms with E-state index in [0.29, 0.717) is 11.2 Å². The second kappa shape index (κ2) is 9.42. The molecule has 0 N–H and O–H groups in total. The number of ether oxygens (including phenoxy) is 2. The molecule has 0 saturated heterocycles. The highest BCUT2D eigenvalue weighted by Gasteiger charge is 2.49. The first-order valence-corrected chi connectivity index (χ1v) is 9.69. The Kier molecular flexibility index (Phi) is 7.82. The van der Waals surface area contributed by atoms with Gasteiger partial charge in [-0.1, -0.05) is 30.3 Å². The summed E-state index contributed by atoms with van der Waals surface area (Å²) in [7, 11) is -2.16. The first kappa shape index (κ1) is 23.2. The van der Waals surface area contributed by atoms with Gasteiger partial charge < -0.3 is 14.4 Å². The zero-order valence-electron chi connectivity index (χ0n) is 15.8. The summed E-state index contributed by atoms with van der Waals surface area (Å²) in [6.07, 6.45) is 0.668. The van der Waals surface area contributed by atoms with Gasteiger partial charge in [0.15, 0.2) is 0 Å². The van der Waals surface area contributed by atoms with E-state index in [0.717, 1.165) is 21.1 Å². The second-order valence-corrected chi connectivity index (χ2v) is 7.40. The van der Waals surface area contributed by atoms with Crippen LogP contribution >= 0.6 is 0 Å². The number of esters is 2. The average molecular weight is 415 g/mol. The molecule has 1 aromatic rings. The Labute approximate surface area is 162 Å². The summed E-state index contributed by atoms with van der Waals surface area (Å²) in [6, 6.07) is 7.38. The summed E-state index contributed by atoms with van der Waals surface area (Å²) in [5.41, 5.74) is -2.56. The Morgan fingerprint density at radius 1 is 0.964 bits per heavy atom. The minimum Gasteiger partial charge on any atom is -0.468 e. The number of benzene rings is 1. The molecule has 1 aromatic carbocycles. The van der Waals surface area contributed by atoms with Gasteiger partial charge in [-0.3, -0.25) is 19.2 Å². The zero-order valence-corrected chi connectivity index (χ0v) is 16.6. The molecule has 0 fully saturated rings. The number of carbonyl (C=O) groups is 4. The summed E-state index contributed by atoms with van der Waals surface area (Å²) < 4.78 is 37.3. The fraction of sp³-hybridized carbons (Fsp3) is 0.412. The molecule has 28 heavy (non-hydrogen) atoms. The van der Waals surface area contributed by atoms with Gasteiger partial charge in [-0.15, -0.1) is 0 Å². The van der Waals surface area contributed by atoms with Gasteiger partial charge >= 0.3 is 11.9 Å². The quantitative estimate of drug-likeness (QED) is 0.232. The molecule has 0 radical (unpaired) electrons. The fourth-order valence-corrected chi connectivity index (χ4v) is 3.03. The van der Waals surface area contributed by atoms with Gasteiger partial charge in [-0.05, 0) is 6.92 Å². The molecule has 1 amide bonds. The van der Waals surface area contributed by atoms with Crippen molar-refractivity contribution < 1.29 is 41.3 Å². The molecule has 0 heterocycles. The van der Waals surface area contributed by atoms with Crippen LogP contribution in [0.3, 0.4) is 0 Å². The van der Waals surface area contributed by atoms with Crippen LogP contribution < -0.4 is 0 Å². The predicted octanol–water partition coefficient (Wildman–Crippen LogP) is -0.221. The fourth-order valence-electron chi connectivity index (χ4n) is 2.28. The summed E-state index contributed by atoms with van der Waals surface area (Å²) in [4.78, 5) is 49.9. The van der Waals surface area contributed by atoms with Crippen LogP contribution in [-0.2, 0) is 38.2 Å². The second-order valence-electron chi connectivity index (χ2n) is 5.83. The van der Waals surface area contributed by atoms with Crippen molar-refractivity contribution in [2.45, 2.75) is 12.5 Å². The van der Waals surface area contributed by atoms with E-state index in [2.05, 4.69) is 9.47 Å². The lowest BCUT2D eigenvalue weighted by molar-refractivity contribution is -0.156. The van der Waals surface area contributed by atoms with Gasteiger partial charge in [0.25, 0.3) is 16.0 Å². The third-order valence-electron chi connectivity index (χ3n) is 3.58. The molecular weight excluding hydrogens is 394 g/mol. The third kappa shape index (κ3) is 6.13. The first-order chi connectivity index (χ1) is 12.9. The molecule has 0 aromatic heterocycles. The molecule has 1 rings (SSSR count). The van der Waals surface area contributed by atoms with Crippen molar-refractivity contribution in [2.24, 2.45) is 0 Å². The van der Waals surface area contributed by atoms with Crippen molar-refractivity contribution >= 4 is 33.7 Å². The number of methoxy groups -OCH3 is 2. The number of ketones is 1. The van der Waals surface area contributed by atoms with Crippen LogP contribution in [0.5, 0.6) is 0 Å². The smallest absolute Gasteiger partial charge is 0.325 e. The van der Waals surface area contributed by atoms with E-state index in [4.69, 9.17) is 4.18 Å². The lowest BCUT2D eigenvalue weighted by Crippen LogP contribution is -2.56. The summed E-state index contributed by atoms with van der Waals surface area (Å²) >= 11 is 0. The van der Waals surface area contributed by atoms with E-state index in [1.807, 2.05) is 0 Å². The molecule has 1 atom stereocenters. The Morgan fingerprint density at radius 3 is 1.82 bits per heavy atom. The SMILES string of the molecule is COC(=O)CN(CC(=O)OC)C(=O)C(C)(OS(C)(=O)=O)C(=O)c1ccccc1. The van der Waals surface area contributed by atoms with Crippen molar-refractivity contribution in [1.82, 2.24) is 4.90 Å². The van der Waals surface area contributed by atoms with Gasteiger partial charge in [0.1, 0.15) is 13.1 Å². The molecule has 0 aliphatic rings. The molecule has 10 nitrogen and oxygen atoms in total. The molecule has 0 aliphatic heterocycles. The maximum atomic E-state index is 13.1. The number of rotatable bonds is 9. The van der Waals surface area contributed by atoms with E-state index >= 15 is 0 Å². The normalized spacial score (nSPS) is 13.1. The standard InChI is InChI=1S/C17H21NO9S/c1-17(27-28(4,23)24,15(21)12-8-6-5-7-9-12)16(22)18(10-13(19)25-2)11-14(20)26-3/h5-9H,10-11H2,1-4H3. The Morgan fingerprint density at radius 2 is 1.43 bits per heavy atom.